The molecule has 212 valence electrons. The van der Waals surface area contributed by atoms with E-state index in [9.17, 15) is 9.59 Å². The van der Waals surface area contributed by atoms with Crippen molar-refractivity contribution in [3.63, 3.8) is 0 Å². The topological polar surface area (TPSA) is 72.2 Å². The Kier molecular flexibility index (Phi) is 7.15. The zero-order chi connectivity index (χ0) is 28.6. The number of hydrogen-bond donors (Lipinski definition) is 0. The minimum atomic E-state index is -0.571. The number of ether oxygens (including phenoxy) is 2. The largest absolute Gasteiger partial charge is 0.489 e. The summed E-state index contributed by atoms with van der Waals surface area (Å²) >= 11 is 6.29. The van der Waals surface area contributed by atoms with Crippen LogP contribution in [0.5, 0.6) is 5.75 Å². The maximum absolute atomic E-state index is 14.1. The maximum atomic E-state index is 14.1. The zero-order valence-corrected chi connectivity index (χ0v) is 23.7. The van der Waals surface area contributed by atoms with Crippen LogP contribution in [0.4, 0.5) is 0 Å². The molecule has 1 fully saturated rings. The van der Waals surface area contributed by atoms with E-state index < -0.39 is 6.04 Å². The van der Waals surface area contributed by atoms with Crippen molar-refractivity contribution in [2.24, 2.45) is 0 Å². The van der Waals surface area contributed by atoms with Gasteiger partial charge in [-0.25, -0.2) is 0 Å². The minimum Gasteiger partial charge on any atom is -0.489 e. The van der Waals surface area contributed by atoms with Crippen LogP contribution < -0.4 is 10.2 Å². The number of nitrogens with zero attached hydrogens (tertiary/aromatic N) is 2. The molecule has 1 saturated heterocycles. The molecule has 1 amide bonds. The van der Waals surface area contributed by atoms with Gasteiger partial charge < -0.3 is 18.8 Å². The van der Waals surface area contributed by atoms with Gasteiger partial charge in [-0.3, -0.25) is 14.5 Å². The average molecular weight is 581 g/mol. The highest BCUT2D eigenvalue weighted by Crippen LogP contribution is 2.39. The second kappa shape index (κ2) is 11.2. The van der Waals surface area contributed by atoms with Crippen molar-refractivity contribution in [2.45, 2.75) is 12.6 Å². The number of fused-ring (bicyclic) bond motifs is 4. The first-order valence-electron chi connectivity index (χ1n) is 14.1. The fourth-order valence-electron chi connectivity index (χ4n) is 5.92. The third-order valence-electron chi connectivity index (χ3n) is 8.17. The van der Waals surface area contributed by atoms with Gasteiger partial charge in [-0.05, 0) is 35.2 Å². The highest BCUT2D eigenvalue weighted by molar-refractivity contribution is 6.31. The predicted molar refractivity (Wildman–Crippen MR) is 162 cm³/mol. The molecule has 0 bridgehead atoms. The van der Waals surface area contributed by atoms with E-state index in [-0.39, 0.29) is 17.1 Å². The molecule has 1 unspecified atom stereocenters. The molecule has 0 radical (unpaired) electrons. The van der Waals surface area contributed by atoms with Crippen LogP contribution in [0.15, 0.2) is 94.1 Å². The number of amides is 1. The second-order valence-electron chi connectivity index (χ2n) is 10.6. The third kappa shape index (κ3) is 4.83. The van der Waals surface area contributed by atoms with Crippen LogP contribution in [-0.4, -0.2) is 55.1 Å². The fourth-order valence-corrected chi connectivity index (χ4v) is 6.11. The van der Waals surface area contributed by atoms with Crippen molar-refractivity contribution in [2.75, 3.05) is 39.4 Å². The van der Waals surface area contributed by atoms with Gasteiger partial charge in [-0.1, -0.05) is 72.3 Å². The van der Waals surface area contributed by atoms with Gasteiger partial charge in [-0.15, -0.1) is 0 Å². The van der Waals surface area contributed by atoms with Crippen LogP contribution in [0.2, 0.25) is 5.02 Å². The zero-order valence-electron chi connectivity index (χ0n) is 22.9. The molecule has 0 aliphatic carbocycles. The van der Waals surface area contributed by atoms with Crippen LogP contribution in [0.3, 0.4) is 0 Å². The molecule has 2 aliphatic heterocycles. The Morgan fingerprint density at radius 1 is 0.833 bits per heavy atom. The summed E-state index contributed by atoms with van der Waals surface area (Å²) in [6.07, 6.45) is 0. The first-order valence-corrected chi connectivity index (χ1v) is 14.5. The number of rotatable bonds is 7. The molecule has 8 heteroatoms. The predicted octanol–water partition coefficient (Wildman–Crippen LogP) is 6.06. The van der Waals surface area contributed by atoms with Gasteiger partial charge in [0, 0.05) is 42.2 Å². The highest BCUT2D eigenvalue weighted by Gasteiger charge is 2.42. The normalized spacial score (nSPS) is 17.2. The monoisotopic (exact) mass is 580 g/mol. The minimum absolute atomic E-state index is 0.120. The number of hydrogen-bond acceptors (Lipinski definition) is 6. The quantitative estimate of drug-likeness (QED) is 0.218. The van der Waals surface area contributed by atoms with Gasteiger partial charge in [0.15, 0.2) is 5.43 Å². The lowest BCUT2D eigenvalue weighted by Crippen LogP contribution is -2.42. The number of carbonyl (C=O) groups is 1. The van der Waals surface area contributed by atoms with E-state index in [2.05, 4.69) is 4.90 Å². The maximum Gasteiger partial charge on any atom is 0.290 e. The first kappa shape index (κ1) is 26.7. The number of carbonyl (C=O) groups excluding carboxylic acids is 1. The summed E-state index contributed by atoms with van der Waals surface area (Å²) in [5.41, 5.74) is 2.37. The molecule has 4 aromatic carbocycles. The summed E-state index contributed by atoms with van der Waals surface area (Å²) in [6.45, 7) is 4.43. The van der Waals surface area contributed by atoms with Crippen LogP contribution in [0.25, 0.3) is 21.7 Å². The van der Waals surface area contributed by atoms with Gasteiger partial charge in [0.25, 0.3) is 5.91 Å². The summed E-state index contributed by atoms with van der Waals surface area (Å²) in [5, 5.41) is 2.88. The molecule has 3 heterocycles. The summed E-state index contributed by atoms with van der Waals surface area (Å²) in [7, 11) is 0. The molecule has 0 spiro atoms. The summed E-state index contributed by atoms with van der Waals surface area (Å²) in [4.78, 5) is 32.1. The highest BCUT2D eigenvalue weighted by atomic mass is 35.5. The number of benzene rings is 4. The van der Waals surface area contributed by atoms with E-state index in [0.29, 0.717) is 60.2 Å². The molecule has 5 aromatic rings. The standard InChI is InChI=1S/C34H29ClN2O5/c35-28-8-4-2-6-24(28)21-41-25-12-9-23(10-13-25)30-29-31(38)27-14-11-22-5-1-3-7-26(22)32(27)42-33(29)34(39)37(30)16-15-36-17-19-40-20-18-36/h1-14,30H,15-21H2. The Hall–Kier alpha value is -4.17. The Morgan fingerprint density at radius 2 is 1.60 bits per heavy atom. The molecule has 7 rings (SSSR count). The van der Waals surface area contributed by atoms with Crippen LogP contribution in [0, 0.1) is 0 Å². The SMILES string of the molecule is O=C1c2oc3c(ccc4ccccc43)c(=O)c2C(c2ccc(OCc3ccccc3Cl)cc2)N1CCN1CCOCC1. The Bertz CT molecular complexity index is 1850. The molecular weight excluding hydrogens is 552 g/mol. The first-order chi connectivity index (χ1) is 20.6. The lowest BCUT2D eigenvalue weighted by atomic mass is 9.97. The van der Waals surface area contributed by atoms with Crippen LogP contribution in [-0.2, 0) is 11.3 Å². The molecule has 0 N–H and O–H groups in total. The average Bonchev–Trinajstić information content (AvgIpc) is 3.31. The van der Waals surface area contributed by atoms with Gasteiger partial charge in [0.05, 0.1) is 30.2 Å². The Balaban J connectivity index is 1.26. The van der Waals surface area contributed by atoms with Gasteiger partial charge >= 0.3 is 0 Å². The Morgan fingerprint density at radius 3 is 2.40 bits per heavy atom. The van der Waals surface area contributed by atoms with E-state index in [1.54, 1.807) is 11.0 Å². The molecule has 1 atom stereocenters. The summed E-state index contributed by atoms with van der Waals surface area (Å²) in [6, 6.07) is 26.0. The van der Waals surface area contributed by atoms with E-state index in [1.165, 1.54) is 0 Å². The lowest BCUT2D eigenvalue weighted by molar-refractivity contribution is 0.0314. The summed E-state index contributed by atoms with van der Waals surface area (Å²) in [5.74, 6) is 0.518. The van der Waals surface area contributed by atoms with Crippen molar-refractivity contribution in [1.29, 1.82) is 0 Å². The van der Waals surface area contributed by atoms with E-state index in [4.69, 9.17) is 25.5 Å². The molecule has 1 aromatic heterocycles. The molecule has 0 saturated carbocycles. The van der Waals surface area contributed by atoms with Crippen molar-refractivity contribution >= 4 is 39.2 Å². The molecule has 7 nitrogen and oxygen atoms in total. The van der Waals surface area contributed by atoms with Crippen molar-refractivity contribution in [3.05, 3.63) is 123 Å². The van der Waals surface area contributed by atoms with Crippen molar-refractivity contribution in [1.82, 2.24) is 9.80 Å². The van der Waals surface area contributed by atoms with E-state index in [1.807, 2.05) is 78.9 Å². The Labute approximate surface area is 247 Å². The molecular formula is C34H29ClN2O5. The third-order valence-corrected chi connectivity index (χ3v) is 8.54. The van der Waals surface area contributed by atoms with Crippen LogP contribution >= 0.6 is 11.6 Å². The van der Waals surface area contributed by atoms with Gasteiger partial charge in [0.2, 0.25) is 5.76 Å². The smallest absolute Gasteiger partial charge is 0.290 e. The lowest BCUT2D eigenvalue weighted by Gasteiger charge is -2.31. The number of morpholine rings is 1. The van der Waals surface area contributed by atoms with E-state index >= 15 is 0 Å². The van der Waals surface area contributed by atoms with Gasteiger partial charge in [-0.2, -0.15) is 0 Å². The van der Waals surface area contributed by atoms with Crippen molar-refractivity contribution < 1.29 is 18.7 Å². The number of halogens is 1. The second-order valence-corrected chi connectivity index (χ2v) is 11.0. The van der Waals surface area contributed by atoms with Crippen molar-refractivity contribution in [3.8, 4) is 5.75 Å². The fraction of sp³-hybridized carbons (Fsp3) is 0.235. The van der Waals surface area contributed by atoms with E-state index in [0.717, 1.165) is 35.0 Å². The van der Waals surface area contributed by atoms with Gasteiger partial charge in [0.1, 0.15) is 17.9 Å². The van der Waals surface area contributed by atoms with Crippen LogP contribution in [0.1, 0.15) is 33.3 Å². The molecule has 42 heavy (non-hydrogen) atoms. The molecule has 2 aliphatic rings. The summed E-state index contributed by atoms with van der Waals surface area (Å²) < 4.78 is 17.8.